The number of carboxylic acid groups (broad SMARTS) is 1. The Kier molecular flexibility index (Phi) is 21.4. The zero-order valence-corrected chi connectivity index (χ0v) is 41.5. The number of hydrogen-bond donors (Lipinski definition) is 9. The Morgan fingerprint density at radius 2 is 1.20 bits per heavy atom. The highest BCUT2D eigenvalue weighted by Crippen LogP contribution is 2.29. The van der Waals surface area contributed by atoms with Crippen molar-refractivity contribution < 1.29 is 48.3 Å². The minimum absolute atomic E-state index is 0.0416. The zero-order valence-electron chi connectivity index (χ0n) is 41.5. The summed E-state index contributed by atoms with van der Waals surface area (Å²) in [6.07, 6.45) is 3.87. The maximum absolute atomic E-state index is 14.3. The SMILES string of the molecule is CC[C@H](C)[C@H](N)C(=O)N[C@@H](CCCN=C(N)N)C(=O)N[C@@H](C)C(=O)N[C@@H](C)C(=O)N1CCC[C@H]1C(=O)N1CCC[C@H]1C(=O)N1CCC[C@H]1C(=O)N[C@@H](CC(C)C)C(=O)N[C@@H](Cc1ccccc1)C(=O)O. The summed E-state index contributed by atoms with van der Waals surface area (Å²) in [6.45, 7) is 11.3. The highest BCUT2D eigenvalue weighted by molar-refractivity contribution is 5.98. The first-order valence-electron chi connectivity index (χ1n) is 24.7. The molecule has 70 heavy (non-hydrogen) atoms. The number of nitrogens with two attached hydrogens (primary N) is 3. The normalized spacial score (nSPS) is 20.8. The van der Waals surface area contributed by atoms with Crippen molar-refractivity contribution in [2.24, 2.45) is 34.0 Å². The van der Waals surface area contributed by atoms with Crippen molar-refractivity contribution in [1.29, 1.82) is 0 Å². The van der Waals surface area contributed by atoms with Crippen LogP contribution in [0.25, 0.3) is 0 Å². The molecule has 3 heterocycles. The van der Waals surface area contributed by atoms with Gasteiger partial charge in [-0.1, -0.05) is 64.4 Å². The molecule has 1 aromatic rings. The third kappa shape index (κ3) is 15.6. The molecule has 388 valence electrons. The van der Waals surface area contributed by atoms with E-state index in [9.17, 15) is 48.3 Å². The van der Waals surface area contributed by atoms with Gasteiger partial charge in [-0.25, -0.2) is 4.79 Å². The van der Waals surface area contributed by atoms with Crippen LogP contribution in [-0.4, -0.2) is 160 Å². The fraction of sp³-hybridized carbons (Fsp3) is 0.667. The molecule has 0 unspecified atom stereocenters. The molecule has 3 aliphatic rings. The monoisotopic (exact) mass is 981 g/mol. The smallest absolute Gasteiger partial charge is 0.326 e. The van der Waals surface area contributed by atoms with Crippen molar-refractivity contribution in [2.75, 3.05) is 26.2 Å². The molecule has 0 bridgehead atoms. The Bertz CT molecular complexity index is 2050. The fourth-order valence-corrected chi connectivity index (χ4v) is 9.13. The molecule has 12 N–H and O–H groups in total. The van der Waals surface area contributed by atoms with Gasteiger partial charge in [-0.3, -0.25) is 43.3 Å². The standard InChI is InChI=1S/C48H76N12O10/c1-7-28(4)38(49)43(65)55-32(17-11-21-52-48(50)51)40(62)53-29(5)39(61)54-30(6)44(66)59-23-13-19-36(59)46(68)60-24-14-20-37(60)45(67)58-22-12-18-35(58)42(64)56-33(25-27(2)3)41(63)57-34(47(69)70)26-31-15-9-8-10-16-31/h8-10,15-16,27-30,32-38H,7,11-14,17-26,49H2,1-6H3,(H,53,62)(H,54,61)(H,55,65)(H,56,64)(H,57,63)(H,69,70)(H4,50,51,52)/t28-,29-,30-,32-,33-,34-,35-,36-,37-,38-/m0/s1. The van der Waals surface area contributed by atoms with Crippen LogP contribution in [0.1, 0.15) is 111 Å². The highest BCUT2D eigenvalue weighted by Gasteiger charge is 2.46. The lowest BCUT2D eigenvalue weighted by atomic mass is 9.98. The number of carbonyl (C=O) groups excluding carboxylic acids is 8. The van der Waals surface area contributed by atoms with E-state index in [-0.39, 0.29) is 63.2 Å². The minimum atomic E-state index is -1.24. The van der Waals surface area contributed by atoms with Crippen LogP contribution in [0.2, 0.25) is 0 Å². The number of benzene rings is 1. The molecule has 10 atom stereocenters. The van der Waals surface area contributed by atoms with Crippen molar-refractivity contribution in [3.63, 3.8) is 0 Å². The van der Waals surface area contributed by atoms with Gasteiger partial charge >= 0.3 is 5.97 Å². The number of nitrogens with one attached hydrogen (secondary N) is 5. The second kappa shape index (κ2) is 26.6. The lowest BCUT2D eigenvalue weighted by molar-refractivity contribution is -0.151. The molecule has 0 saturated carbocycles. The van der Waals surface area contributed by atoms with Crippen molar-refractivity contribution in [1.82, 2.24) is 41.3 Å². The summed E-state index contributed by atoms with van der Waals surface area (Å²) >= 11 is 0. The Labute approximate surface area is 410 Å². The molecule has 4 rings (SSSR count). The van der Waals surface area contributed by atoms with Crippen LogP contribution < -0.4 is 43.8 Å². The molecular weight excluding hydrogens is 905 g/mol. The number of rotatable bonds is 24. The Hall–Kier alpha value is -6.32. The number of nitrogens with zero attached hydrogens (tertiary/aromatic N) is 4. The maximum atomic E-state index is 14.3. The molecule has 0 spiro atoms. The molecule has 0 aromatic heterocycles. The Morgan fingerprint density at radius 3 is 1.77 bits per heavy atom. The number of likely N-dealkylation sites (tertiary alicyclic amines) is 3. The lowest BCUT2D eigenvalue weighted by Gasteiger charge is -2.35. The molecule has 3 saturated heterocycles. The van der Waals surface area contributed by atoms with Crippen LogP contribution in [0.3, 0.4) is 0 Å². The summed E-state index contributed by atoms with van der Waals surface area (Å²) in [6, 6.07) is -0.365. The molecule has 22 nitrogen and oxygen atoms in total. The van der Waals surface area contributed by atoms with E-state index in [1.165, 1.54) is 28.5 Å². The van der Waals surface area contributed by atoms with Gasteiger partial charge in [0.1, 0.15) is 48.3 Å². The topological polar surface area (TPSA) is 334 Å². The molecular formula is C48H76N12O10. The quantitative estimate of drug-likeness (QED) is 0.0350. The van der Waals surface area contributed by atoms with Crippen LogP contribution in [0.5, 0.6) is 0 Å². The summed E-state index contributed by atoms with van der Waals surface area (Å²) in [5.74, 6) is -5.98. The number of amides is 8. The third-order valence-electron chi connectivity index (χ3n) is 13.3. The lowest BCUT2D eigenvalue weighted by Crippen LogP contribution is -2.59. The van der Waals surface area contributed by atoms with Crippen molar-refractivity contribution >= 4 is 59.2 Å². The predicted octanol–water partition coefficient (Wildman–Crippen LogP) is -0.776. The zero-order chi connectivity index (χ0) is 51.8. The first-order valence-corrected chi connectivity index (χ1v) is 24.7. The van der Waals surface area contributed by atoms with E-state index in [1.54, 1.807) is 30.3 Å². The molecule has 22 heteroatoms. The van der Waals surface area contributed by atoms with E-state index in [0.29, 0.717) is 56.9 Å². The van der Waals surface area contributed by atoms with Gasteiger partial charge in [0.2, 0.25) is 47.3 Å². The van der Waals surface area contributed by atoms with E-state index in [2.05, 4.69) is 31.6 Å². The summed E-state index contributed by atoms with van der Waals surface area (Å²) < 4.78 is 0. The molecule has 0 radical (unpaired) electrons. The number of guanidine groups is 1. The maximum Gasteiger partial charge on any atom is 0.326 e. The summed E-state index contributed by atoms with van der Waals surface area (Å²) in [5.41, 5.74) is 17.7. The summed E-state index contributed by atoms with van der Waals surface area (Å²) in [5, 5.41) is 23.2. The van der Waals surface area contributed by atoms with Crippen molar-refractivity contribution in [3.05, 3.63) is 35.9 Å². The molecule has 3 fully saturated rings. The van der Waals surface area contributed by atoms with Crippen LogP contribution in [0, 0.1) is 11.8 Å². The third-order valence-corrected chi connectivity index (χ3v) is 13.3. The number of carboxylic acids is 1. The van der Waals surface area contributed by atoms with E-state index < -0.39 is 108 Å². The molecule has 1 aromatic carbocycles. The van der Waals surface area contributed by atoms with E-state index in [4.69, 9.17) is 17.2 Å². The molecule has 8 amide bonds. The number of aliphatic carboxylic acids is 1. The van der Waals surface area contributed by atoms with Crippen LogP contribution >= 0.6 is 0 Å². The number of aliphatic imine (C=N–C) groups is 1. The Balaban J connectivity index is 1.37. The first kappa shape index (κ1) is 56.3. The highest BCUT2D eigenvalue weighted by atomic mass is 16.4. The minimum Gasteiger partial charge on any atom is -0.480 e. The van der Waals surface area contributed by atoms with E-state index in [0.717, 1.165) is 0 Å². The second-order valence-electron chi connectivity index (χ2n) is 19.2. The summed E-state index contributed by atoms with van der Waals surface area (Å²) in [4.78, 5) is 130. The second-order valence-corrected chi connectivity index (χ2v) is 19.2. The van der Waals surface area contributed by atoms with Gasteiger partial charge in [0.25, 0.3) is 0 Å². The number of carbonyl (C=O) groups is 9. The first-order chi connectivity index (χ1) is 33.1. The number of hydrogen-bond acceptors (Lipinski definition) is 11. The van der Waals surface area contributed by atoms with Gasteiger partial charge in [0.05, 0.1) is 6.04 Å². The predicted molar refractivity (Wildman–Crippen MR) is 260 cm³/mol. The Morgan fingerprint density at radius 1 is 0.671 bits per heavy atom. The molecule has 0 aliphatic carbocycles. The van der Waals surface area contributed by atoms with Gasteiger partial charge < -0.3 is 63.6 Å². The van der Waals surface area contributed by atoms with Gasteiger partial charge in [-0.2, -0.15) is 0 Å². The summed E-state index contributed by atoms with van der Waals surface area (Å²) in [7, 11) is 0. The van der Waals surface area contributed by atoms with Crippen LogP contribution in [-0.2, 0) is 49.6 Å². The largest absolute Gasteiger partial charge is 0.480 e. The molecule has 3 aliphatic heterocycles. The van der Waals surface area contributed by atoms with E-state index in [1.807, 2.05) is 27.7 Å². The van der Waals surface area contributed by atoms with Gasteiger partial charge in [-0.05, 0) is 89.0 Å². The van der Waals surface area contributed by atoms with Gasteiger partial charge in [0, 0.05) is 32.6 Å². The van der Waals surface area contributed by atoms with Gasteiger partial charge in [0.15, 0.2) is 5.96 Å². The van der Waals surface area contributed by atoms with Crippen molar-refractivity contribution in [2.45, 2.75) is 167 Å². The fourth-order valence-electron chi connectivity index (χ4n) is 9.13. The van der Waals surface area contributed by atoms with Crippen LogP contribution in [0.4, 0.5) is 0 Å². The van der Waals surface area contributed by atoms with Crippen LogP contribution in [0.15, 0.2) is 35.3 Å². The van der Waals surface area contributed by atoms with E-state index >= 15 is 0 Å². The average Bonchev–Trinajstić information content (AvgIpc) is 4.13. The van der Waals surface area contributed by atoms with Gasteiger partial charge in [-0.15, -0.1) is 0 Å². The average molecular weight is 981 g/mol. The van der Waals surface area contributed by atoms with Crippen molar-refractivity contribution in [3.8, 4) is 0 Å².